The van der Waals surface area contributed by atoms with Crippen LogP contribution in [0.1, 0.15) is 13.3 Å². The first-order valence-corrected chi connectivity index (χ1v) is 13.0. The molecule has 3 aromatic rings. The van der Waals surface area contributed by atoms with Crippen molar-refractivity contribution < 1.29 is 0 Å². The summed E-state index contributed by atoms with van der Waals surface area (Å²) in [6.07, 6.45) is 1.66. The van der Waals surface area contributed by atoms with Crippen LogP contribution in [0.3, 0.4) is 0 Å². The van der Waals surface area contributed by atoms with Crippen LogP contribution >= 0.6 is 20.8 Å². The molecule has 3 rings (SSSR count). The van der Waals surface area contributed by atoms with Crippen molar-refractivity contribution >= 4 is 36.7 Å². The normalized spacial score (nSPS) is 12.5. The predicted molar refractivity (Wildman–Crippen MR) is 117 cm³/mol. The molecule has 0 fully saturated rings. The fourth-order valence-corrected chi connectivity index (χ4v) is 10.0. The van der Waals surface area contributed by atoms with Crippen molar-refractivity contribution in [2.45, 2.75) is 13.3 Å². The van der Waals surface area contributed by atoms with Crippen molar-refractivity contribution in [3.63, 3.8) is 0 Å². The molecule has 0 saturated carbocycles. The number of benzene rings is 3. The second-order valence-corrected chi connectivity index (χ2v) is 15.0. The van der Waals surface area contributed by atoms with E-state index in [9.17, 15) is 0 Å². The fourth-order valence-electron chi connectivity index (χ4n) is 3.27. The predicted octanol–water partition coefficient (Wildman–Crippen LogP) is 5.24. The Bertz CT molecular complexity index is 777. The summed E-state index contributed by atoms with van der Waals surface area (Å²) in [4.78, 5) is 0. The number of hydrogen-bond acceptors (Lipinski definition) is 0. The summed E-state index contributed by atoms with van der Waals surface area (Å²) in [5.74, 6) is 6.76. The van der Waals surface area contributed by atoms with E-state index in [4.69, 9.17) is 0 Å². The van der Waals surface area contributed by atoms with Crippen LogP contribution in [0, 0.1) is 11.8 Å². The molecule has 2 heteroatoms. The Balaban J connectivity index is 2.40. The molecule has 0 heterocycles. The van der Waals surface area contributed by atoms with Crippen LogP contribution in [0.15, 0.2) is 91.0 Å². The van der Waals surface area contributed by atoms with Crippen LogP contribution in [0.25, 0.3) is 0 Å². The standard InChI is InChI=1S/C23H22BrP/c1-2-3-13-20-25(24,21-14-7-4-8-15-21,22-16-9-5-10-17-22)23-18-11-6-12-19-23/h4-12,14-19H,2,20H2,1H3. The van der Waals surface area contributed by atoms with Crippen LogP contribution in [0.5, 0.6) is 0 Å². The summed E-state index contributed by atoms with van der Waals surface area (Å²) in [5.41, 5.74) is 0. The average Bonchev–Trinajstić information content (AvgIpc) is 2.70. The fraction of sp³-hybridized carbons (Fsp3) is 0.130. The Kier molecular flexibility index (Phi) is 5.43. The van der Waals surface area contributed by atoms with Crippen molar-refractivity contribution in [2.75, 3.05) is 6.16 Å². The van der Waals surface area contributed by atoms with Gasteiger partial charge in [-0.25, -0.2) is 0 Å². The van der Waals surface area contributed by atoms with Crippen molar-refractivity contribution in [3.05, 3.63) is 91.0 Å². The van der Waals surface area contributed by atoms with Crippen LogP contribution in [0.4, 0.5) is 0 Å². The molecule has 0 aromatic heterocycles. The molecule has 0 aliphatic carbocycles. The first kappa shape index (κ1) is 17.9. The number of rotatable bonds is 4. The van der Waals surface area contributed by atoms with Crippen molar-refractivity contribution in [3.8, 4) is 11.8 Å². The van der Waals surface area contributed by atoms with Gasteiger partial charge < -0.3 is 0 Å². The number of hydrogen-bond donors (Lipinski definition) is 0. The minimum atomic E-state index is -2.83. The van der Waals surface area contributed by atoms with Gasteiger partial charge in [0.2, 0.25) is 0 Å². The third kappa shape index (κ3) is 3.18. The topological polar surface area (TPSA) is 0 Å². The third-order valence-electron chi connectivity index (χ3n) is 4.56. The Morgan fingerprint density at radius 1 is 0.640 bits per heavy atom. The van der Waals surface area contributed by atoms with E-state index in [1.165, 1.54) is 15.9 Å². The first-order valence-electron chi connectivity index (χ1n) is 8.55. The Hall–Kier alpha value is -1.87. The summed E-state index contributed by atoms with van der Waals surface area (Å²) < 4.78 is 0. The average molecular weight is 409 g/mol. The quantitative estimate of drug-likeness (QED) is 0.409. The van der Waals surface area contributed by atoms with E-state index < -0.39 is 5.31 Å². The molecule has 0 atom stereocenters. The zero-order valence-electron chi connectivity index (χ0n) is 14.4. The molecule has 126 valence electrons. The summed E-state index contributed by atoms with van der Waals surface area (Å²) in [7, 11) is 0. The summed E-state index contributed by atoms with van der Waals surface area (Å²) in [6.45, 7) is 2.10. The molecule has 0 amide bonds. The van der Waals surface area contributed by atoms with E-state index in [0.717, 1.165) is 12.6 Å². The second-order valence-electron chi connectivity index (χ2n) is 6.05. The van der Waals surface area contributed by atoms with E-state index in [1.54, 1.807) is 0 Å². The monoisotopic (exact) mass is 408 g/mol. The van der Waals surface area contributed by atoms with E-state index in [0.29, 0.717) is 0 Å². The molecule has 0 aliphatic heterocycles. The van der Waals surface area contributed by atoms with Gasteiger partial charge in [-0.1, -0.05) is 0 Å². The second kappa shape index (κ2) is 7.57. The number of halogens is 1. The van der Waals surface area contributed by atoms with Gasteiger partial charge in [0.15, 0.2) is 0 Å². The van der Waals surface area contributed by atoms with Gasteiger partial charge in [-0.3, -0.25) is 0 Å². The van der Waals surface area contributed by atoms with Crippen LogP contribution in [-0.2, 0) is 0 Å². The minimum absolute atomic E-state index is 0.789. The van der Waals surface area contributed by atoms with E-state index in [1.807, 2.05) is 0 Å². The molecule has 0 N–H and O–H groups in total. The van der Waals surface area contributed by atoms with Crippen molar-refractivity contribution in [2.24, 2.45) is 0 Å². The van der Waals surface area contributed by atoms with Gasteiger partial charge in [0, 0.05) is 0 Å². The molecular formula is C23H22BrP. The molecule has 0 radical (unpaired) electrons. The zero-order chi connectivity index (χ0) is 17.6. The van der Waals surface area contributed by atoms with Gasteiger partial charge in [-0.15, -0.1) is 0 Å². The molecule has 0 spiro atoms. The molecule has 0 aliphatic rings. The van der Waals surface area contributed by atoms with Gasteiger partial charge in [0.25, 0.3) is 0 Å². The van der Waals surface area contributed by atoms with Crippen molar-refractivity contribution in [1.29, 1.82) is 0 Å². The Labute approximate surface area is 159 Å². The molecular weight excluding hydrogens is 387 g/mol. The van der Waals surface area contributed by atoms with Gasteiger partial charge in [-0.2, -0.15) is 0 Å². The Morgan fingerprint density at radius 3 is 1.32 bits per heavy atom. The molecule has 0 saturated heterocycles. The maximum absolute atomic E-state index is 4.38. The third-order valence-corrected chi connectivity index (χ3v) is 13.9. The zero-order valence-corrected chi connectivity index (χ0v) is 16.9. The van der Waals surface area contributed by atoms with Crippen molar-refractivity contribution in [1.82, 2.24) is 0 Å². The van der Waals surface area contributed by atoms with Crippen LogP contribution in [0.2, 0.25) is 0 Å². The maximum atomic E-state index is 4.38. The summed E-state index contributed by atoms with van der Waals surface area (Å²) in [6, 6.07) is 32.4. The molecule has 3 aromatic carbocycles. The molecule has 0 bridgehead atoms. The Morgan fingerprint density at radius 2 is 1.00 bits per heavy atom. The summed E-state index contributed by atoms with van der Waals surface area (Å²) in [5, 5.41) is 1.12. The van der Waals surface area contributed by atoms with E-state index >= 15 is 0 Å². The van der Waals surface area contributed by atoms with E-state index in [2.05, 4.69) is 125 Å². The van der Waals surface area contributed by atoms with Gasteiger partial charge in [0.1, 0.15) is 0 Å². The van der Waals surface area contributed by atoms with E-state index in [-0.39, 0.29) is 0 Å². The van der Waals surface area contributed by atoms with Gasteiger partial charge >= 0.3 is 159 Å². The molecule has 0 nitrogen and oxygen atoms in total. The first-order chi connectivity index (χ1) is 12.2. The molecule has 0 unspecified atom stereocenters. The van der Waals surface area contributed by atoms with Gasteiger partial charge in [-0.05, 0) is 0 Å². The van der Waals surface area contributed by atoms with Crippen LogP contribution in [-0.4, -0.2) is 6.16 Å². The SMILES string of the molecule is CCC#CCP(Br)(c1ccccc1)(c1ccccc1)c1ccccc1. The van der Waals surface area contributed by atoms with Gasteiger partial charge in [0.05, 0.1) is 0 Å². The van der Waals surface area contributed by atoms with Crippen LogP contribution < -0.4 is 15.9 Å². The summed E-state index contributed by atoms with van der Waals surface area (Å²) >= 11 is 4.38. The molecule has 25 heavy (non-hydrogen) atoms.